The number of nitrogens with two attached hydrogens (primary N) is 1. The highest BCUT2D eigenvalue weighted by atomic mass is 32.1. The maximum absolute atomic E-state index is 9.47. The molecule has 21 heavy (non-hydrogen) atoms. The van der Waals surface area contributed by atoms with E-state index in [1.165, 1.54) is 11.3 Å². The Morgan fingerprint density at radius 1 is 1.14 bits per heavy atom. The molecule has 1 aromatic carbocycles. The molecule has 0 saturated carbocycles. The lowest BCUT2D eigenvalue weighted by Gasteiger charge is -2.07. The van der Waals surface area contributed by atoms with E-state index in [9.17, 15) is 5.26 Å². The highest BCUT2D eigenvalue weighted by Gasteiger charge is 2.18. The largest absolute Gasteiger partial charge is 0.384 e. The van der Waals surface area contributed by atoms with E-state index in [-0.39, 0.29) is 0 Å². The number of nitrogens with zero attached hydrogens (tertiary/aromatic N) is 4. The van der Waals surface area contributed by atoms with Crippen molar-refractivity contribution in [3.63, 3.8) is 0 Å². The minimum absolute atomic E-state index is 0.375. The molecule has 0 radical (unpaired) electrons. The maximum atomic E-state index is 9.47. The molecule has 0 aliphatic rings. The fourth-order valence-electron chi connectivity index (χ4n) is 2.42. The minimum Gasteiger partial charge on any atom is -0.384 e. The number of hydrogen-bond donors (Lipinski definition) is 1. The lowest BCUT2D eigenvalue weighted by molar-refractivity contribution is 1.14. The van der Waals surface area contributed by atoms with E-state index in [2.05, 4.69) is 16.0 Å². The topological polar surface area (TPSA) is 80.0 Å². The summed E-state index contributed by atoms with van der Waals surface area (Å²) in [6.45, 7) is 0. The van der Waals surface area contributed by atoms with Gasteiger partial charge in [0.05, 0.1) is 15.9 Å². The molecular weight excluding hydrogens is 282 g/mol. The molecule has 4 aromatic rings. The molecule has 3 heterocycles. The lowest BCUT2D eigenvalue weighted by atomic mass is 10.2. The van der Waals surface area contributed by atoms with Crippen molar-refractivity contribution < 1.29 is 0 Å². The van der Waals surface area contributed by atoms with Crippen molar-refractivity contribution in [3.8, 4) is 16.6 Å². The molecular formula is C15H9N5S. The smallest absolute Gasteiger partial charge is 0.237 e. The van der Waals surface area contributed by atoms with Crippen LogP contribution in [0.3, 0.4) is 0 Å². The Kier molecular flexibility index (Phi) is 2.43. The Morgan fingerprint density at radius 2 is 2.00 bits per heavy atom. The Labute approximate surface area is 123 Å². The summed E-state index contributed by atoms with van der Waals surface area (Å²) in [6.07, 6.45) is 0. The normalized spacial score (nSPS) is 11.0. The molecule has 0 fully saturated rings. The third-order valence-electron chi connectivity index (χ3n) is 3.36. The highest BCUT2D eigenvalue weighted by Crippen LogP contribution is 2.31. The van der Waals surface area contributed by atoms with Crippen molar-refractivity contribution in [1.82, 2.24) is 14.4 Å². The summed E-state index contributed by atoms with van der Waals surface area (Å²) in [5.74, 6) is 0.885. The van der Waals surface area contributed by atoms with E-state index in [0.717, 1.165) is 15.9 Å². The number of imidazole rings is 1. The van der Waals surface area contributed by atoms with Gasteiger partial charge in [-0.1, -0.05) is 18.2 Å². The highest BCUT2D eigenvalue weighted by molar-refractivity contribution is 7.13. The van der Waals surface area contributed by atoms with Crippen LogP contribution in [-0.2, 0) is 0 Å². The van der Waals surface area contributed by atoms with E-state index >= 15 is 0 Å². The van der Waals surface area contributed by atoms with Gasteiger partial charge in [0, 0.05) is 0 Å². The summed E-state index contributed by atoms with van der Waals surface area (Å²) in [5, 5.41) is 11.4. The van der Waals surface area contributed by atoms with Gasteiger partial charge >= 0.3 is 0 Å². The first kappa shape index (κ1) is 11.9. The van der Waals surface area contributed by atoms with Crippen LogP contribution in [0, 0.1) is 11.3 Å². The first-order valence-electron chi connectivity index (χ1n) is 6.30. The zero-order valence-electron chi connectivity index (χ0n) is 10.8. The van der Waals surface area contributed by atoms with Crippen molar-refractivity contribution in [2.24, 2.45) is 0 Å². The van der Waals surface area contributed by atoms with Crippen molar-refractivity contribution >= 4 is 34.0 Å². The van der Waals surface area contributed by atoms with Crippen molar-refractivity contribution in [3.05, 3.63) is 47.3 Å². The van der Waals surface area contributed by atoms with Gasteiger partial charge in [0.25, 0.3) is 0 Å². The average molecular weight is 291 g/mol. The van der Waals surface area contributed by atoms with E-state index < -0.39 is 0 Å². The number of anilines is 1. The molecule has 2 N–H and O–H groups in total. The molecule has 5 nitrogen and oxygen atoms in total. The second-order valence-electron chi connectivity index (χ2n) is 4.55. The van der Waals surface area contributed by atoms with Gasteiger partial charge in [0.15, 0.2) is 0 Å². The van der Waals surface area contributed by atoms with Crippen LogP contribution in [0.2, 0.25) is 0 Å². The Balaban J connectivity index is 2.19. The van der Waals surface area contributed by atoms with Gasteiger partial charge in [0.2, 0.25) is 5.78 Å². The van der Waals surface area contributed by atoms with Crippen molar-refractivity contribution in [2.45, 2.75) is 0 Å². The predicted octanol–water partition coefficient (Wildman–Crippen LogP) is 3.06. The molecule has 6 heteroatoms. The van der Waals surface area contributed by atoms with Gasteiger partial charge in [-0.05, 0) is 23.6 Å². The van der Waals surface area contributed by atoms with Crippen LogP contribution in [0.15, 0.2) is 41.8 Å². The fourth-order valence-corrected chi connectivity index (χ4v) is 3.14. The molecule has 0 spiro atoms. The van der Waals surface area contributed by atoms with Crippen LogP contribution in [0.25, 0.3) is 27.4 Å². The number of para-hydroxylation sites is 2. The van der Waals surface area contributed by atoms with Crippen molar-refractivity contribution in [1.29, 1.82) is 5.26 Å². The number of benzene rings is 1. The Bertz CT molecular complexity index is 1010. The fraction of sp³-hybridized carbons (Fsp3) is 0. The number of thiophene rings is 1. The zero-order valence-corrected chi connectivity index (χ0v) is 11.6. The summed E-state index contributed by atoms with van der Waals surface area (Å²) < 4.78 is 1.73. The second kappa shape index (κ2) is 4.30. The molecule has 0 unspecified atom stereocenters. The monoisotopic (exact) mass is 291 g/mol. The number of hydrogen-bond acceptors (Lipinski definition) is 5. The van der Waals surface area contributed by atoms with E-state index in [1.54, 1.807) is 4.40 Å². The van der Waals surface area contributed by atoms with Gasteiger partial charge in [-0.25, -0.2) is 9.97 Å². The molecule has 0 aliphatic heterocycles. The van der Waals surface area contributed by atoms with Gasteiger partial charge in [-0.15, -0.1) is 11.3 Å². The predicted molar refractivity (Wildman–Crippen MR) is 82.9 cm³/mol. The standard InChI is InChI=1S/C15H9N5S/c16-8-9-13(12-6-3-7-21-12)19-15-18-10-4-1-2-5-11(10)20(15)14(9)17/h1-7H,17H2. The maximum Gasteiger partial charge on any atom is 0.237 e. The van der Waals surface area contributed by atoms with E-state index in [0.29, 0.717) is 22.9 Å². The minimum atomic E-state index is 0.375. The molecule has 0 saturated heterocycles. The Morgan fingerprint density at radius 3 is 2.76 bits per heavy atom. The van der Waals surface area contributed by atoms with Crippen LogP contribution < -0.4 is 5.73 Å². The third-order valence-corrected chi connectivity index (χ3v) is 4.23. The van der Waals surface area contributed by atoms with Crippen LogP contribution in [0.1, 0.15) is 5.56 Å². The van der Waals surface area contributed by atoms with Crippen molar-refractivity contribution in [2.75, 3.05) is 5.73 Å². The molecule has 100 valence electrons. The number of aromatic nitrogens is 3. The molecule has 3 aromatic heterocycles. The first-order chi connectivity index (χ1) is 10.3. The zero-order chi connectivity index (χ0) is 14.4. The quantitative estimate of drug-likeness (QED) is 0.584. The number of rotatable bonds is 1. The molecule has 0 atom stereocenters. The van der Waals surface area contributed by atoms with Crippen LogP contribution in [0.4, 0.5) is 5.82 Å². The number of nitriles is 1. The van der Waals surface area contributed by atoms with Gasteiger partial charge in [0.1, 0.15) is 23.1 Å². The molecule has 0 bridgehead atoms. The summed E-state index contributed by atoms with van der Waals surface area (Å²) in [7, 11) is 0. The van der Waals surface area contributed by atoms with Crippen LogP contribution in [0.5, 0.6) is 0 Å². The average Bonchev–Trinajstić information content (AvgIpc) is 3.14. The van der Waals surface area contributed by atoms with Gasteiger partial charge < -0.3 is 5.73 Å². The summed E-state index contributed by atoms with van der Waals surface area (Å²) in [6, 6.07) is 13.7. The second-order valence-corrected chi connectivity index (χ2v) is 5.49. The number of fused-ring (bicyclic) bond motifs is 3. The van der Waals surface area contributed by atoms with Crippen LogP contribution >= 0.6 is 11.3 Å². The number of nitrogen functional groups attached to an aromatic ring is 1. The third kappa shape index (κ3) is 1.61. The summed E-state index contributed by atoms with van der Waals surface area (Å²) in [5.41, 5.74) is 8.85. The van der Waals surface area contributed by atoms with Gasteiger partial charge in [-0.3, -0.25) is 4.40 Å². The summed E-state index contributed by atoms with van der Waals surface area (Å²) >= 11 is 1.52. The van der Waals surface area contributed by atoms with Gasteiger partial charge in [-0.2, -0.15) is 5.26 Å². The molecule has 0 aliphatic carbocycles. The first-order valence-corrected chi connectivity index (χ1v) is 7.18. The Hall–Kier alpha value is -2.91. The molecule has 4 rings (SSSR count). The molecule has 0 amide bonds. The summed E-state index contributed by atoms with van der Waals surface area (Å²) in [4.78, 5) is 9.95. The lowest BCUT2D eigenvalue weighted by Crippen LogP contribution is -2.04. The SMILES string of the molecule is N#Cc1c(-c2cccs2)nc2nc3ccccc3n2c1N. The van der Waals surface area contributed by atoms with Crippen LogP contribution in [-0.4, -0.2) is 14.4 Å². The van der Waals surface area contributed by atoms with E-state index in [1.807, 2.05) is 41.8 Å². The van der Waals surface area contributed by atoms with E-state index in [4.69, 9.17) is 5.73 Å².